The van der Waals surface area contributed by atoms with Crippen molar-refractivity contribution in [2.24, 2.45) is 0 Å². The van der Waals surface area contributed by atoms with Crippen LogP contribution in [0.25, 0.3) is 17.0 Å². The highest BCUT2D eigenvalue weighted by Crippen LogP contribution is 2.19. The molecule has 1 amide bonds. The van der Waals surface area contributed by atoms with Gasteiger partial charge in [-0.05, 0) is 35.4 Å². The summed E-state index contributed by atoms with van der Waals surface area (Å²) in [4.78, 5) is 27.6. The number of carbonyl (C=O) groups is 2. The normalized spacial score (nSPS) is 12.3. The van der Waals surface area contributed by atoms with E-state index in [-0.39, 0.29) is 12.2 Å². The van der Waals surface area contributed by atoms with Gasteiger partial charge in [0.1, 0.15) is 11.8 Å². The first-order valence-corrected chi connectivity index (χ1v) is 9.12. The molecule has 2 aromatic carbocycles. The van der Waals surface area contributed by atoms with Gasteiger partial charge in [-0.15, -0.1) is 0 Å². The summed E-state index contributed by atoms with van der Waals surface area (Å²) in [5.74, 6) is -1.02. The van der Waals surface area contributed by atoms with E-state index in [1.54, 1.807) is 6.20 Å². The van der Waals surface area contributed by atoms with E-state index < -0.39 is 24.5 Å². The molecule has 0 saturated heterocycles. The van der Waals surface area contributed by atoms with Gasteiger partial charge in [-0.3, -0.25) is 4.79 Å². The molecule has 1 aromatic heterocycles. The van der Waals surface area contributed by atoms with Crippen molar-refractivity contribution in [2.45, 2.75) is 19.1 Å². The number of alkyl halides is 2. The summed E-state index contributed by atoms with van der Waals surface area (Å²) in [6.45, 7) is -2.90. The SMILES string of the molecule is COC(=O)[C@H](Cc1c[nH]c2ccccc12)NC(=O)/C=C/c1ccc(OC(F)F)cc1. The molecule has 2 N–H and O–H groups in total. The van der Waals surface area contributed by atoms with Gasteiger partial charge in [-0.2, -0.15) is 8.78 Å². The van der Waals surface area contributed by atoms with Crippen LogP contribution in [-0.2, 0) is 20.7 Å². The van der Waals surface area contributed by atoms with Gasteiger partial charge in [0.2, 0.25) is 5.91 Å². The lowest BCUT2D eigenvalue weighted by atomic mass is 10.0. The van der Waals surface area contributed by atoms with Crippen LogP contribution < -0.4 is 10.1 Å². The number of hydrogen-bond donors (Lipinski definition) is 2. The maximum absolute atomic E-state index is 12.3. The molecule has 0 saturated carbocycles. The van der Waals surface area contributed by atoms with E-state index in [0.717, 1.165) is 16.5 Å². The Morgan fingerprint density at radius 1 is 1.13 bits per heavy atom. The minimum atomic E-state index is -2.90. The number of hydrogen-bond acceptors (Lipinski definition) is 4. The summed E-state index contributed by atoms with van der Waals surface area (Å²) >= 11 is 0. The van der Waals surface area contributed by atoms with E-state index in [4.69, 9.17) is 4.74 Å². The average molecular weight is 414 g/mol. The molecule has 0 fully saturated rings. The van der Waals surface area contributed by atoms with Crippen LogP contribution >= 0.6 is 0 Å². The Morgan fingerprint density at radius 2 is 1.87 bits per heavy atom. The molecular weight excluding hydrogens is 394 g/mol. The number of methoxy groups -OCH3 is 1. The molecule has 1 atom stereocenters. The topological polar surface area (TPSA) is 80.4 Å². The molecule has 0 aliphatic carbocycles. The molecule has 156 valence electrons. The number of aromatic amines is 1. The number of halogens is 2. The number of esters is 1. The number of fused-ring (bicyclic) bond motifs is 1. The van der Waals surface area contributed by atoms with Gasteiger partial charge in [-0.1, -0.05) is 30.3 Å². The van der Waals surface area contributed by atoms with Crippen molar-refractivity contribution in [3.63, 3.8) is 0 Å². The Hall–Kier alpha value is -3.68. The zero-order valence-electron chi connectivity index (χ0n) is 16.1. The number of amides is 1. The molecule has 1 heterocycles. The highest BCUT2D eigenvalue weighted by Gasteiger charge is 2.22. The number of benzene rings is 2. The summed E-state index contributed by atoms with van der Waals surface area (Å²) in [5.41, 5.74) is 2.42. The van der Waals surface area contributed by atoms with E-state index in [1.165, 1.54) is 43.5 Å². The summed E-state index contributed by atoms with van der Waals surface area (Å²) in [6.07, 6.45) is 4.82. The first kappa shape index (κ1) is 21.0. The van der Waals surface area contributed by atoms with Gasteiger partial charge in [-0.25, -0.2) is 4.79 Å². The third kappa shape index (κ3) is 5.44. The van der Waals surface area contributed by atoms with Gasteiger partial charge in [0, 0.05) is 29.6 Å². The van der Waals surface area contributed by atoms with E-state index in [0.29, 0.717) is 5.56 Å². The fraction of sp³-hybridized carbons (Fsp3) is 0.182. The summed E-state index contributed by atoms with van der Waals surface area (Å²) in [7, 11) is 1.26. The number of para-hydroxylation sites is 1. The Balaban J connectivity index is 1.66. The van der Waals surface area contributed by atoms with Gasteiger partial charge in [0.15, 0.2) is 0 Å². The average Bonchev–Trinajstić information content (AvgIpc) is 3.15. The van der Waals surface area contributed by atoms with Crippen molar-refractivity contribution in [2.75, 3.05) is 7.11 Å². The smallest absolute Gasteiger partial charge is 0.387 e. The van der Waals surface area contributed by atoms with Crippen LogP contribution in [0.2, 0.25) is 0 Å². The minimum Gasteiger partial charge on any atom is -0.467 e. The summed E-state index contributed by atoms with van der Waals surface area (Å²) < 4.78 is 33.5. The third-order valence-electron chi connectivity index (χ3n) is 4.43. The van der Waals surface area contributed by atoms with Crippen molar-refractivity contribution in [3.05, 3.63) is 71.9 Å². The lowest BCUT2D eigenvalue weighted by Gasteiger charge is -2.15. The second-order valence-electron chi connectivity index (χ2n) is 6.43. The number of H-pyrrole nitrogens is 1. The molecule has 0 spiro atoms. The van der Waals surface area contributed by atoms with E-state index in [1.807, 2.05) is 24.3 Å². The largest absolute Gasteiger partial charge is 0.467 e. The van der Waals surface area contributed by atoms with Crippen LogP contribution in [0.4, 0.5) is 8.78 Å². The van der Waals surface area contributed by atoms with Crippen molar-refractivity contribution in [1.82, 2.24) is 10.3 Å². The van der Waals surface area contributed by atoms with Crippen LogP contribution in [0.15, 0.2) is 60.8 Å². The van der Waals surface area contributed by atoms with Crippen LogP contribution in [0, 0.1) is 0 Å². The fourth-order valence-electron chi connectivity index (χ4n) is 3.01. The van der Waals surface area contributed by atoms with Crippen LogP contribution in [0.3, 0.4) is 0 Å². The van der Waals surface area contributed by atoms with Crippen LogP contribution in [0.1, 0.15) is 11.1 Å². The maximum atomic E-state index is 12.3. The molecule has 30 heavy (non-hydrogen) atoms. The Bertz CT molecular complexity index is 1040. The van der Waals surface area contributed by atoms with Gasteiger partial charge < -0.3 is 19.8 Å². The zero-order valence-corrected chi connectivity index (χ0v) is 16.1. The number of carbonyl (C=O) groups excluding carboxylic acids is 2. The maximum Gasteiger partial charge on any atom is 0.387 e. The predicted molar refractivity (Wildman–Crippen MR) is 108 cm³/mol. The highest BCUT2D eigenvalue weighted by molar-refractivity contribution is 5.95. The van der Waals surface area contributed by atoms with E-state index >= 15 is 0 Å². The van der Waals surface area contributed by atoms with Crippen LogP contribution in [-0.4, -0.2) is 36.6 Å². The first-order chi connectivity index (χ1) is 14.5. The van der Waals surface area contributed by atoms with Crippen molar-refractivity contribution in [1.29, 1.82) is 0 Å². The first-order valence-electron chi connectivity index (χ1n) is 9.12. The monoisotopic (exact) mass is 414 g/mol. The lowest BCUT2D eigenvalue weighted by Crippen LogP contribution is -2.42. The molecule has 0 aliphatic rings. The Labute approximate surface area is 171 Å². The third-order valence-corrected chi connectivity index (χ3v) is 4.43. The number of ether oxygens (including phenoxy) is 2. The molecule has 3 rings (SSSR count). The molecule has 0 radical (unpaired) electrons. The fourth-order valence-corrected chi connectivity index (χ4v) is 3.01. The highest BCUT2D eigenvalue weighted by atomic mass is 19.3. The number of aromatic nitrogens is 1. The van der Waals surface area contributed by atoms with Crippen molar-refractivity contribution < 1.29 is 27.8 Å². The van der Waals surface area contributed by atoms with Crippen molar-refractivity contribution in [3.8, 4) is 5.75 Å². The predicted octanol–water partition coefficient (Wildman–Crippen LogP) is 3.68. The van der Waals surface area contributed by atoms with E-state index in [9.17, 15) is 18.4 Å². The molecular formula is C22H20F2N2O4. The summed E-state index contributed by atoms with van der Waals surface area (Å²) in [6, 6.07) is 12.6. The minimum absolute atomic E-state index is 0.0242. The van der Waals surface area contributed by atoms with E-state index in [2.05, 4.69) is 15.0 Å². The Morgan fingerprint density at radius 3 is 2.57 bits per heavy atom. The second-order valence-corrected chi connectivity index (χ2v) is 6.43. The van der Waals surface area contributed by atoms with Gasteiger partial charge >= 0.3 is 12.6 Å². The molecule has 0 bridgehead atoms. The van der Waals surface area contributed by atoms with Gasteiger partial charge in [0.05, 0.1) is 7.11 Å². The summed E-state index contributed by atoms with van der Waals surface area (Å²) in [5, 5.41) is 3.60. The van der Waals surface area contributed by atoms with Gasteiger partial charge in [0.25, 0.3) is 0 Å². The Kier molecular flexibility index (Phi) is 6.79. The molecule has 6 nitrogen and oxygen atoms in total. The van der Waals surface area contributed by atoms with Crippen molar-refractivity contribution >= 4 is 28.9 Å². The van der Waals surface area contributed by atoms with Crippen LogP contribution in [0.5, 0.6) is 5.75 Å². The molecule has 3 aromatic rings. The number of rotatable bonds is 8. The lowest BCUT2D eigenvalue weighted by molar-refractivity contribution is -0.144. The molecule has 0 aliphatic heterocycles. The molecule has 0 unspecified atom stereocenters. The molecule has 8 heteroatoms. The standard InChI is InChI=1S/C22H20F2N2O4/c1-29-21(28)19(12-15-13-25-18-5-3-2-4-17(15)18)26-20(27)11-8-14-6-9-16(10-7-14)30-22(23)24/h2-11,13,19,22,25H,12H2,1H3,(H,26,27)/b11-8+/t19-/m0/s1. The number of nitrogens with one attached hydrogen (secondary N) is 2. The second kappa shape index (κ2) is 9.69. The quantitative estimate of drug-likeness (QED) is 0.435. The zero-order chi connectivity index (χ0) is 21.5.